The van der Waals surface area contributed by atoms with E-state index >= 15 is 0 Å². The molecule has 0 aliphatic rings. The van der Waals surface area contributed by atoms with Crippen molar-refractivity contribution in [2.75, 3.05) is 40.5 Å². The quantitative estimate of drug-likeness (QED) is 0.417. The lowest BCUT2D eigenvalue weighted by Crippen LogP contribution is -2.38. The lowest BCUT2D eigenvalue weighted by molar-refractivity contribution is 0.197. The molecule has 0 atom stereocenters. The Hall–Kier alpha value is -1.75. The van der Waals surface area contributed by atoms with Gasteiger partial charge in [0.1, 0.15) is 5.75 Å². The SMILES string of the molecule is CCNC(=NCCCOC)NCCc1cc(C)ccc1OC. The number of hydrogen-bond donors (Lipinski definition) is 2. The number of aliphatic imine (C=N–C) groups is 1. The van der Waals surface area contributed by atoms with Gasteiger partial charge in [-0.15, -0.1) is 0 Å². The van der Waals surface area contributed by atoms with Crippen LogP contribution in [0, 0.1) is 6.92 Å². The molecule has 1 aromatic rings. The number of benzene rings is 1. The molecule has 0 radical (unpaired) electrons. The standard InChI is InChI=1S/C17H29N3O2/c1-5-18-17(19-10-6-12-21-3)20-11-9-15-13-14(2)7-8-16(15)22-4/h7-8,13H,5-6,9-12H2,1-4H3,(H2,18,19,20). The third-order valence-electron chi connectivity index (χ3n) is 3.24. The van der Waals surface area contributed by atoms with Gasteiger partial charge in [0.25, 0.3) is 0 Å². The monoisotopic (exact) mass is 307 g/mol. The minimum atomic E-state index is 0.739. The van der Waals surface area contributed by atoms with Gasteiger partial charge < -0.3 is 20.1 Å². The van der Waals surface area contributed by atoms with E-state index in [1.807, 2.05) is 6.07 Å². The Morgan fingerprint density at radius 1 is 1.23 bits per heavy atom. The second kappa shape index (κ2) is 10.9. The van der Waals surface area contributed by atoms with Crippen molar-refractivity contribution >= 4 is 5.96 Å². The van der Waals surface area contributed by atoms with Crippen LogP contribution in [0.25, 0.3) is 0 Å². The topological polar surface area (TPSA) is 54.9 Å². The summed E-state index contributed by atoms with van der Waals surface area (Å²) in [7, 11) is 3.42. The van der Waals surface area contributed by atoms with Gasteiger partial charge in [0, 0.05) is 33.4 Å². The minimum Gasteiger partial charge on any atom is -0.496 e. The van der Waals surface area contributed by atoms with Crippen molar-refractivity contribution in [1.82, 2.24) is 10.6 Å². The van der Waals surface area contributed by atoms with Crippen LogP contribution >= 0.6 is 0 Å². The van der Waals surface area contributed by atoms with Crippen LogP contribution in [0.1, 0.15) is 24.5 Å². The highest BCUT2D eigenvalue weighted by atomic mass is 16.5. The predicted octanol–water partition coefficient (Wildman–Crippen LogP) is 2.14. The maximum atomic E-state index is 5.41. The van der Waals surface area contributed by atoms with Gasteiger partial charge in [0.15, 0.2) is 5.96 Å². The van der Waals surface area contributed by atoms with Gasteiger partial charge in [-0.2, -0.15) is 0 Å². The van der Waals surface area contributed by atoms with Crippen LogP contribution in [-0.2, 0) is 11.2 Å². The zero-order valence-electron chi connectivity index (χ0n) is 14.2. The van der Waals surface area contributed by atoms with Crippen molar-refractivity contribution in [3.8, 4) is 5.75 Å². The fourth-order valence-electron chi connectivity index (χ4n) is 2.16. The third-order valence-corrected chi connectivity index (χ3v) is 3.24. The molecule has 5 heteroatoms. The Balaban J connectivity index is 2.50. The molecule has 0 saturated carbocycles. The predicted molar refractivity (Wildman–Crippen MR) is 91.9 cm³/mol. The summed E-state index contributed by atoms with van der Waals surface area (Å²) in [6.07, 6.45) is 1.83. The number of ether oxygens (including phenoxy) is 2. The summed E-state index contributed by atoms with van der Waals surface area (Å²) in [4.78, 5) is 4.53. The molecule has 0 aliphatic carbocycles. The van der Waals surface area contributed by atoms with E-state index in [9.17, 15) is 0 Å². The first-order valence-electron chi connectivity index (χ1n) is 7.85. The van der Waals surface area contributed by atoms with E-state index in [0.717, 1.165) is 50.8 Å². The third kappa shape index (κ3) is 6.80. The molecule has 124 valence electrons. The van der Waals surface area contributed by atoms with Crippen molar-refractivity contribution in [1.29, 1.82) is 0 Å². The van der Waals surface area contributed by atoms with Crippen molar-refractivity contribution in [3.63, 3.8) is 0 Å². The van der Waals surface area contributed by atoms with Crippen molar-refractivity contribution in [2.45, 2.75) is 26.7 Å². The van der Waals surface area contributed by atoms with Gasteiger partial charge in [-0.1, -0.05) is 17.7 Å². The Kier molecular flexibility index (Phi) is 9.07. The number of rotatable bonds is 9. The van der Waals surface area contributed by atoms with Gasteiger partial charge in [0.2, 0.25) is 0 Å². The largest absolute Gasteiger partial charge is 0.496 e. The average molecular weight is 307 g/mol. The van der Waals surface area contributed by atoms with E-state index < -0.39 is 0 Å². The fraction of sp³-hybridized carbons (Fsp3) is 0.588. The van der Waals surface area contributed by atoms with Crippen molar-refractivity contribution < 1.29 is 9.47 Å². The van der Waals surface area contributed by atoms with Crippen LogP contribution in [0.3, 0.4) is 0 Å². The Labute approximate surface area is 134 Å². The van der Waals surface area contributed by atoms with E-state index in [1.165, 1.54) is 11.1 Å². The summed E-state index contributed by atoms with van der Waals surface area (Å²) >= 11 is 0. The first-order chi connectivity index (χ1) is 10.7. The zero-order valence-corrected chi connectivity index (χ0v) is 14.2. The van der Waals surface area contributed by atoms with Crippen LogP contribution in [0.5, 0.6) is 5.75 Å². The van der Waals surface area contributed by atoms with Crippen LogP contribution in [-0.4, -0.2) is 46.4 Å². The first kappa shape index (κ1) is 18.3. The summed E-state index contributed by atoms with van der Waals surface area (Å²) < 4.78 is 10.4. The zero-order chi connectivity index (χ0) is 16.2. The molecule has 0 bridgehead atoms. The second-order valence-electron chi connectivity index (χ2n) is 5.10. The molecule has 0 aromatic heterocycles. The van der Waals surface area contributed by atoms with Crippen LogP contribution in [0.4, 0.5) is 0 Å². The molecule has 0 amide bonds. The van der Waals surface area contributed by atoms with Gasteiger partial charge in [-0.05, 0) is 38.3 Å². The summed E-state index contributed by atoms with van der Waals surface area (Å²) in [6.45, 7) is 7.33. The Bertz CT molecular complexity index is 461. The molecular formula is C17H29N3O2. The van der Waals surface area contributed by atoms with Crippen LogP contribution in [0.15, 0.2) is 23.2 Å². The maximum Gasteiger partial charge on any atom is 0.191 e. The molecule has 1 rings (SSSR count). The molecule has 0 fully saturated rings. The lowest BCUT2D eigenvalue weighted by atomic mass is 10.1. The van der Waals surface area contributed by atoms with Gasteiger partial charge in [0.05, 0.1) is 7.11 Å². The summed E-state index contributed by atoms with van der Waals surface area (Å²) in [6, 6.07) is 6.26. The van der Waals surface area contributed by atoms with E-state index in [4.69, 9.17) is 9.47 Å². The number of nitrogens with zero attached hydrogens (tertiary/aromatic N) is 1. The number of nitrogens with one attached hydrogen (secondary N) is 2. The Morgan fingerprint density at radius 2 is 2.05 bits per heavy atom. The minimum absolute atomic E-state index is 0.739. The highest BCUT2D eigenvalue weighted by Gasteiger charge is 2.04. The number of guanidine groups is 1. The first-order valence-corrected chi connectivity index (χ1v) is 7.85. The Morgan fingerprint density at radius 3 is 2.73 bits per heavy atom. The average Bonchev–Trinajstić information content (AvgIpc) is 2.51. The molecule has 2 N–H and O–H groups in total. The molecule has 0 spiro atoms. The van der Waals surface area contributed by atoms with Crippen molar-refractivity contribution in [3.05, 3.63) is 29.3 Å². The van der Waals surface area contributed by atoms with Gasteiger partial charge in [-0.25, -0.2) is 0 Å². The molecule has 0 heterocycles. The smallest absolute Gasteiger partial charge is 0.191 e. The summed E-state index contributed by atoms with van der Waals surface area (Å²) in [5.41, 5.74) is 2.46. The summed E-state index contributed by atoms with van der Waals surface area (Å²) in [5.74, 6) is 1.79. The number of aryl methyl sites for hydroxylation is 1. The second-order valence-corrected chi connectivity index (χ2v) is 5.10. The van der Waals surface area contributed by atoms with Crippen LogP contribution in [0.2, 0.25) is 0 Å². The van der Waals surface area contributed by atoms with Gasteiger partial charge >= 0.3 is 0 Å². The summed E-state index contributed by atoms with van der Waals surface area (Å²) in [5, 5.41) is 6.61. The normalized spacial score (nSPS) is 11.4. The molecule has 0 saturated heterocycles. The number of hydrogen-bond acceptors (Lipinski definition) is 3. The molecule has 5 nitrogen and oxygen atoms in total. The lowest BCUT2D eigenvalue weighted by Gasteiger charge is -2.13. The highest BCUT2D eigenvalue weighted by Crippen LogP contribution is 2.19. The molecule has 0 aliphatic heterocycles. The molecule has 22 heavy (non-hydrogen) atoms. The molecule has 0 unspecified atom stereocenters. The van der Waals surface area contributed by atoms with E-state index in [0.29, 0.717) is 0 Å². The number of methoxy groups -OCH3 is 2. The van der Waals surface area contributed by atoms with Crippen LogP contribution < -0.4 is 15.4 Å². The molecule has 1 aromatic carbocycles. The van der Waals surface area contributed by atoms with E-state index in [2.05, 4.69) is 41.6 Å². The van der Waals surface area contributed by atoms with E-state index in [-0.39, 0.29) is 0 Å². The fourth-order valence-corrected chi connectivity index (χ4v) is 2.16. The van der Waals surface area contributed by atoms with Gasteiger partial charge in [-0.3, -0.25) is 4.99 Å². The van der Waals surface area contributed by atoms with E-state index in [1.54, 1.807) is 14.2 Å². The maximum absolute atomic E-state index is 5.41. The van der Waals surface area contributed by atoms with Crippen molar-refractivity contribution in [2.24, 2.45) is 4.99 Å². The highest BCUT2D eigenvalue weighted by molar-refractivity contribution is 5.79. The molecular weight excluding hydrogens is 278 g/mol.